The maximum absolute atomic E-state index is 5.95. The Bertz CT molecular complexity index is 358. The summed E-state index contributed by atoms with van der Waals surface area (Å²) in [7, 11) is 0. The molecule has 0 aromatic carbocycles. The highest BCUT2D eigenvalue weighted by Gasteiger charge is 2.11. The molecule has 1 atom stereocenters. The number of rotatable bonds is 2. The van der Waals surface area contributed by atoms with Crippen LogP contribution in [0.3, 0.4) is 0 Å². The van der Waals surface area contributed by atoms with E-state index in [0.29, 0.717) is 0 Å². The summed E-state index contributed by atoms with van der Waals surface area (Å²) < 4.78 is 0. The number of hydrogen-bond donors (Lipinski definition) is 1. The Morgan fingerprint density at radius 3 is 2.77 bits per heavy atom. The van der Waals surface area contributed by atoms with E-state index < -0.39 is 0 Å². The summed E-state index contributed by atoms with van der Waals surface area (Å²) in [5.74, 6) is 0. The van der Waals surface area contributed by atoms with Gasteiger partial charge in [0.1, 0.15) is 5.01 Å². The standard InChI is InChI=1S/C9H9N3S/c10-8(9-12-5-6-13-9)7-3-1-2-4-11-7/h1-6,8H,10H2. The Morgan fingerprint density at radius 2 is 2.15 bits per heavy atom. The Hall–Kier alpha value is -1.26. The van der Waals surface area contributed by atoms with Crippen LogP contribution >= 0.6 is 11.3 Å². The molecule has 0 amide bonds. The Balaban J connectivity index is 2.29. The maximum atomic E-state index is 5.95. The third-order valence-electron chi connectivity index (χ3n) is 1.72. The molecule has 1 unspecified atom stereocenters. The van der Waals surface area contributed by atoms with E-state index in [2.05, 4.69) is 9.97 Å². The summed E-state index contributed by atoms with van der Waals surface area (Å²) in [5, 5.41) is 2.82. The zero-order chi connectivity index (χ0) is 9.10. The van der Waals surface area contributed by atoms with E-state index in [4.69, 9.17) is 5.73 Å². The summed E-state index contributed by atoms with van der Waals surface area (Å²) in [4.78, 5) is 8.32. The smallest absolute Gasteiger partial charge is 0.115 e. The predicted octanol–water partition coefficient (Wildman–Crippen LogP) is 1.59. The molecule has 2 aromatic heterocycles. The summed E-state index contributed by atoms with van der Waals surface area (Å²) >= 11 is 1.55. The van der Waals surface area contributed by atoms with Crippen molar-refractivity contribution < 1.29 is 0 Å². The highest BCUT2D eigenvalue weighted by molar-refractivity contribution is 7.09. The molecule has 66 valence electrons. The normalized spacial score (nSPS) is 12.7. The molecule has 0 saturated heterocycles. The van der Waals surface area contributed by atoms with Gasteiger partial charge in [-0.15, -0.1) is 11.3 Å². The van der Waals surface area contributed by atoms with Gasteiger partial charge in [0.2, 0.25) is 0 Å². The van der Waals surface area contributed by atoms with Crippen LogP contribution in [0.2, 0.25) is 0 Å². The van der Waals surface area contributed by atoms with Crippen LogP contribution in [0.5, 0.6) is 0 Å². The maximum Gasteiger partial charge on any atom is 0.115 e. The molecule has 0 radical (unpaired) electrons. The van der Waals surface area contributed by atoms with Crippen molar-refractivity contribution in [1.29, 1.82) is 0 Å². The van der Waals surface area contributed by atoms with Gasteiger partial charge in [-0.25, -0.2) is 4.98 Å². The largest absolute Gasteiger partial charge is 0.317 e. The van der Waals surface area contributed by atoms with E-state index >= 15 is 0 Å². The van der Waals surface area contributed by atoms with E-state index in [1.54, 1.807) is 23.7 Å². The van der Waals surface area contributed by atoms with Crippen LogP contribution in [-0.2, 0) is 0 Å². The van der Waals surface area contributed by atoms with Crippen LogP contribution in [0.15, 0.2) is 36.0 Å². The third kappa shape index (κ3) is 1.74. The van der Waals surface area contributed by atoms with Crippen molar-refractivity contribution in [1.82, 2.24) is 9.97 Å². The first-order valence-electron chi connectivity index (χ1n) is 3.94. The molecule has 13 heavy (non-hydrogen) atoms. The van der Waals surface area contributed by atoms with Crippen molar-refractivity contribution in [2.24, 2.45) is 5.73 Å². The SMILES string of the molecule is NC(c1ccccn1)c1nccs1. The topological polar surface area (TPSA) is 51.8 Å². The van der Waals surface area contributed by atoms with Crippen molar-refractivity contribution in [2.75, 3.05) is 0 Å². The fourth-order valence-corrected chi connectivity index (χ4v) is 1.72. The zero-order valence-electron chi connectivity index (χ0n) is 6.92. The fraction of sp³-hybridized carbons (Fsp3) is 0.111. The number of thiazole rings is 1. The molecule has 0 bridgehead atoms. The number of hydrogen-bond acceptors (Lipinski definition) is 4. The number of aromatic nitrogens is 2. The Labute approximate surface area is 80.3 Å². The Kier molecular flexibility index (Phi) is 2.33. The van der Waals surface area contributed by atoms with Gasteiger partial charge >= 0.3 is 0 Å². The molecular weight excluding hydrogens is 182 g/mol. The molecular formula is C9H9N3S. The molecule has 0 saturated carbocycles. The minimum atomic E-state index is -0.193. The second kappa shape index (κ2) is 3.64. The molecule has 0 fully saturated rings. The lowest BCUT2D eigenvalue weighted by molar-refractivity contribution is 0.818. The molecule has 3 nitrogen and oxygen atoms in total. The van der Waals surface area contributed by atoms with E-state index in [0.717, 1.165) is 10.7 Å². The van der Waals surface area contributed by atoms with Crippen molar-refractivity contribution in [3.05, 3.63) is 46.7 Å². The van der Waals surface area contributed by atoms with Gasteiger partial charge in [-0.3, -0.25) is 4.98 Å². The summed E-state index contributed by atoms with van der Waals surface area (Å²) in [6.07, 6.45) is 3.49. The average molecular weight is 191 g/mol. The van der Waals surface area contributed by atoms with Gasteiger partial charge < -0.3 is 5.73 Å². The van der Waals surface area contributed by atoms with Crippen molar-refractivity contribution in [2.45, 2.75) is 6.04 Å². The van der Waals surface area contributed by atoms with Crippen molar-refractivity contribution in [3.63, 3.8) is 0 Å². The average Bonchev–Trinajstić information content (AvgIpc) is 2.71. The van der Waals surface area contributed by atoms with Crippen molar-refractivity contribution in [3.8, 4) is 0 Å². The highest BCUT2D eigenvalue weighted by atomic mass is 32.1. The van der Waals surface area contributed by atoms with Gasteiger partial charge in [0.15, 0.2) is 0 Å². The molecule has 2 N–H and O–H groups in total. The zero-order valence-corrected chi connectivity index (χ0v) is 7.74. The first-order chi connectivity index (χ1) is 6.38. The quantitative estimate of drug-likeness (QED) is 0.784. The minimum absolute atomic E-state index is 0.193. The lowest BCUT2D eigenvalue weighted by atomic mass is 10.2. The first-order valence-corrected chi connectivity index (χ1v) is 4.82. The van der Waals surface area contributed by atoms with Crippen LogP contribution < -0.4 is 5.73 Å². The van der Waals surface area contributed by atoms with E-state index in [-0.39, 0.29) is 6.04 Å². The van der Waals surface area contributed by atoms with Gasteiger partial charge in [-0.1, -0.05) is 6.07 Å². The minimum Gasteiger partial charge on any atom is -0.317 e. The van der Waals surface area contributed by atoms with Gasteiger partial charge in [0, 0.05) is 17.8 Å². The van der Waals surface area contributed by atoms with E-state index in [1.165, 1.54) is 0 Å². The third-order valence-corrected chi connectivity index (χ3v) is 2.58. The summed E-state index contributed by atoms with van der Waals surface area (Å²) in [5.41, 5.74) is 6.80. The van der Waals surface area contributed by atoms with Crippen LogP contribution in [0.4, 0.5) is 0 Å². The number of nitrogens with two attached hydrogens (primary N) is 1. The predicted molar refractivity (Wildman–Crippen MR) is 52.4 cm³/mol. The molecule has 2 rings (SSSR count). The lowest BCUT2D eigenvalue weighted by Gasteiger charge is -2.06. The van der Waals surface area contributed by atoms with Gasteiger partial charge in [0.05, 0.1) is 11.7 Å². The molecule has 0 aliphatic heterocycles. The highest BCUT2D eigenvalue weighted by Crippen LogP contribution is 2.18. The monoisotopic (exact) mass is 191 g/mol. The van der Waals surface area contributed by atoms with Crippen LogP contribution in [0.25, 0.3) is 0 Å². The van der Waals surface area contributed by atoms with E-state index in [1.807, 2.05) is 23.6 Å². The lowest BCUT2D eigenvalue weighted by Crippen LogP contribution is -2.12. The molecule has 2 aromatic rings. The number of nitrogens with zero attached hydrogens (tertiary/aromatic N) is 2. The van der Waals surface area contributed by atoms with Crippen LogP contribution in [-0.4, -0.2) is 9.97 Å². The molecule has 0 aliphatic rings. The Morgan fingerprint density at radius 1 is 1.23 bits per heavy atom. The number of pyridine rings is 1. The summed E-state index contributed by atoms with van der Waals surface area (Å²) in [6, 6.07) is 5.51. The van der Waals surface area contributed by atoms with Gasteiger partial charge in [0.25, 0.3) is 0 Å². The first kappa shape index (κ1) is 8.34. The molecule has 4 heteroatoms. The van der Waals surface area contributed by atoms with Crippen LogP contribution in [0, 0.1) is 0 Å². The van der Waals surface area contributed by atoms with E-state index in [9.17, 15) is 0 Å². The molecule has 2 heterocycles. The summed E-state index contributed by atoms with van der Waals surface area (Å²) in [6.45, 7) is 0. The van der Waals surface area contributed by atoms with Crippen LogP contribution in [0.1, 0.15) is 16.7 Å². The second-order valence-electron chi connectivity index (χ2n) is 2.60. The second-order valence-corrected chi connectivity index (χ2v) is 3.53. The van der Waals surface area contributed by atoms with Gasteiger partial charge in [-0.05, 0) is 12.1 Å². The van der Waals surface area contributed by atoms with Gasteiger partial charge in [-0.2, -0.15) is 0 Å². The fourth-order valence-electron chi connectivity index (χ4n) is 1.07. The molecule has 0 spiro atoms. The van der Waals surface area contributed by atoms with Crippen molar-refractivity contribution >= 4 is 11.3 Å². The molecule has 0 aliphatic carbocycles.